The normalized spacial score (nSPS) is 27.5. The molecular weight excluding hydrogens is 390 g/mol. The van der Waals surface area contributed by atoms with Gasteiger partial charge in [0.1, 0.15) is 35.9 Å². The minimum absolute atomic E-state index is 0.0292. The van der Waals surface area contributed by atoms with Crippen LogP contribution in [0.25, 0.3) is 6.08 Å². The Balaban J connectivity index is 2.44. The zero-order valence-corrected chi connectivity index (χ0v) is 17.4. The molecule has 1 aliphatic rings. The molecule has 0 aliphatic carbocycles. The van der Waals surface area contributed by atoms with Crippen LogP contribution in [0.1, 0.15) is 36.2 Å². The number of phenolic OH excluding ortho intramolecular Hbond substituents is 1. The van der Waals surface area contributed by atoms with Gasteiger partial charge in [-0.2, -0.15) is 0 Å². The van der Waals surface area contributed by atoms with Crippen molar-refractivity contribution < 1.29 is 34.4 Å². The molecule has 2 rings (SSSR count). The molecule has 1 aliphatic heterocycles. The monoisotopic (exact) mass is 419 g/mol. The van der Waals surface area contributed by atoms with E-state index in [1.165, 1.54) is 30.4 Å². The maximum absolute atomic E-state index is 12.8. The number of hydrogen-bond donors (Lipinski definition) is 4. The molecule has 0 fully saturated rings. The molecule has 164 valence electrons. The second-order valence-electron chi connectivity index (χ2n) is 7.24. The molecule has 0 amide bonds. The summed E-state index contributed by atoms with van der Waals surface area (Å²) in [7, 11) is 1.78. The van der Waals surface area contributed by atoms with Crippen LogP contribution < -0.4 is 10.1 Å². The average molecular weight is 419 g/mol. The topological polar surface area (TPSA) is 125 Å². The van der Waals surface area contributed by atoms with Gasteiger partial charge in [-0.05, 0) is 38.1 Å². The van der Waals surface area contributed by atoms with Crippen LogP contribution >= 0.6 is 0 Å². The standard InChI is InChI=1S/C22H29NO7/c1-13-7-8-18(25)21(27)17(24)6-4-5-15-11-16(29-10-9-23-3)12-19(26)20(15)22(28)30-14(13)2/h4-5,7-8,11-14,17,21,23-24,26-27H,6,9-10H2,1-3H3/b5-4+,8-7-/t13-,14-,17-,21-/m0/s1. The van der Waals surface area contributed by atoms with E-state index in [9.17, 15) is 24.9 Å². The molecule has 1 aromatic rings. The van der Waals surface area contributed by atoms with Gasteiger partial charge in [-0.15, -0.1) is 0 Å². The highest BCUT2D eigenvalue weighted by molar-refractivity contribution is 5.97. The van der Waals surface area contributed by atoms with Crippen molar-refractivity contribution in [2.24, 2.45) is 5.92 Å². The van der Waals surface area contributed by atoms with Crippen molar-refractivity contribution >= 4 is 17.8 Å². The molecule has 30 heavy (non-hydrogen) atoms. The van der Waals surface area contributed by atoms with E-state index in [1.54, 1.807) is 27.0 Å². The quantitative estimate of drug-likeness (QED) is 0.427. The summed E-state index contributed by atoms with van der Waals surface area (Å²) in [6, 6.07) is 2.92. The first-order chi connectivity index (χ1) is 14.2. The first-order valence-electron chi connectivity index (χ1n) is 9.84. The zero-order valence-electron chi connectivity index (χ0n) is 17.4. The van der Waals surface area contributed by atoms with Gasteiger partial charge < -0.3 is 30.1 Å². The van der Waals surface area contributed by atoms with Crippen LogP contribution in [-0.2, 0) is 9.53 Å². The highest BCUT2D eigenvalue weighted by Crippen LogP contribution is 2.31. The fourth-order valence-corrected chi connectivity index (χ4v) is 2.82. The zero-order chi connectivity index (χ0) is 22.3. The van der Waals surface area contributed by atoms with Crippen LogP contribution in [0.3, 0.4) is 0 Å². The minimum atomic E-state index is -1.57. The SMILES string of the molecule is CNCCOc1cc(O)c2c(c1)/C=C/C[C@H](O)[C@H](O)C(=O)/C=C\[C@H](C)[C@H](C)OC2=O. The van der Waals surface area contributed by atoms with Gasteiger partial charge in [-0.3, -0.25) is 4.79 Å². The summed E-state index contributed by atoms with van der Waals surface area (Å²) in [5, 5.41) is 33.5. The third kappa shape index (κ3) is 6.16. The summed E-state index contributed by atoms with van der Waals surface area (Å²) in [4.78, 5) is 24.8. The van der Waals surface area contributed by atoms with Crippen LogP contribution in [0.5, 0.6) is 11.5 Å². The number of aliphatic hydroxyl groups excluding tert-OH is 2. The number of ether oxygens (including phenoxy) is 2. The maximum Gasteiger partial charge on any atom is 0.342 e. The molecular formula is C22H29NO7. The first kappa shape index (κ1) is 23.6. The van der Waals surface area contributed by atoms with E-state index in [0.29, 0.717) is 24.5 Å². The third-order valence-corrected chi connectivity index (χ3v) is 4.87. The summed E-state index contributed by atoms with van der Waals surface area (Å²) in [6.45, 7) is 4.36. The molecule has 4 N–H and O–H groups in total. The van der Waals surface area contributed by atoms with E-state index in [2.05, 4.69) is 5.32 Å². The van der Waals surface area contributed by atoms with E-state index < -0.39 is 30.1 Å². The van der Waals surface area contributed by atoms with E-state index in [0.717, 1.165) is 0 Å². The van der Waals surface area contributed by atoms with Gasteiger partial charge in [0.25, 0.3) is 0 Å². The number of likely N-dealkylation sites (N-methyl/N-ethyl adjacent to an activating group) is 1. The number of carbonyl (C=O) groups is 2. The summed E-state index contributed by atoms with van der Waals surface area (Å²) in [5.41, 5.74) is 0.304. The smallest absolute Gasteiger partial charge is 0.342 e. The number of benzene rings is 1. The second-order valence-corrected chi connectivity index (χ2v) is 7.24. The molecule has 0 aromatic heterocycles. The Morgan fingerprint density at radius 3 is 2.63 bits per heavy atom. The number of ketones is 1. The molecule has 0 radical (unpaired) electrons. The Labute approximate surface area is 175 Å². The van der Waals surface area contributed by atoms with Crippen LogP contribution in [0.4, 0.5) is 0 Å². The minimum Gasteiger partial charge on any atom is -0.507 e. The van der Waals surface area contributed by atoms with Gasteiger partial charge in [0, 0.05) is 18.5 Å². The van der Waals surface area contributed by atoms with E-state index in [4.69, 9.17) is 9.47 Å². The number of aromatic hydroxyl groups is 1. The number of phenols is 1. The van der Waals surface area contributed by atoms with Crippen molar-refractivity contribution in [3.05, 3.63) is 41.5 Å². The van der Waals surface area contributed by atoms with Crippen LogP contribution in [0.2, 0.25) is 0 Å². The van der Waals surface area contributed by atoms with Crippen molar-refractivity contribution in [1.82, 2.24) is 5.32 Å². The van der Waals surface area contributed by atoms with E-state index >= 15 is 0 Å². The average Bonchev–Trinajstić information content (AvgIpc) is 2.70. The highest BCUT2D eigenvalue weighted by Gasteiger charge is 2.25. The Morgan fingerprint density at radius 2 is 1.93 bits per heavy atom. The summed E-state index contributed by atoms with van der Waals surface area (Å²) in [6.07, 6.45) is 2.19. The lowest BCUT2D eigenvalue weighted by molar-refractivity contribution is -0.127. The fourth-order valence-electron chi connectivity index (χ4n) is 2.82. The molecule has 1 heterocycles. The van der Waals surface area contributed by atoms with Crippen molar-refractivity contribution in [2.75, 3.05) is 20.2 Å². The Hall–Kier alpha value is -2.68. The van der Waals surface area contributed by atoms with Gasteiger partial charge >= 0.3 is 5.97 Å². The van der Waals surface area contributed by atoms with Gasteiger partial charge in [-0.1, -0.05) is 25.2 Å². The number of fused-ring (bicyclic) bond motifs is 1. The van der Waals surface area contributed by atoms with Gasteiger partial charge in [0.2, 0.25) is 0 Å². The fraction of sp³-hybridized carbons (Fsp3) is 0.455. The Bertz CT molecular complexity index is 818. The van der Waals surface area contributed by atoms with E-state index in [-0.39, 0.29) is 23.7 Å². The van der Waals surface area contributed by atoms with Gasteiger partial charge in [0.15, 0.2) is 5.78 Å². The highest BCUT2D eigenvalue weighted by atomic mass is 16.5. The maximum atomic E-state index is 12.8. The number of aliphatic hydroxyl groups is 2. The predicted octanol–water partition coefficient (Wildman–Crippen LogP) is 1.44. The summed E-state index contributed by atoms with van der Waals surface area (Å²) < 4.78 is 11.1. The van der Waals surface area contributed by atoms with Crippen molar-refractivity contribution in [3.63, 3.8) is 0 Å². The molecule has 8 heteroatoms. The van der Waals surface area contributed by atoms with Crippen LogP contribution in [0.15, 0.2) is 30.4 Å². The molecule has 0 saturated heterocycles. The second kappa shape index (κ2) is 10.9. The molecule has 0 spiro atoms. The molecule has 4 atom stereocenters. The number of nitrogens with one attached hydrogen (secondary N) is 1. The lowest BCUT2D eigenvalue weighted by Gasteiger charge is -2.20. The summed E-state index contributed by atoms with van der Waals surface area (Å²) in [5.74, 6) is -1.61. The largest absolute Gasteiger partial charge is 0.507 e. The predicted molar refractivity (Wildman–Crippen MR) is 111 cm³/mol. The van der Waals surface area contributed by atoms with Crippen LogP contribution in [-0.4, -0.2) is 65.6 Å². The molecule has 1 aromatic carbocycles. The third-order valence-electron chi connectivity index (χ3n) is 4.87. The van der Waals surface area contributed by atoms with Crippen molar-refractivity contribution in [3.8, 4) is 11.5 Å². The van der Waals surface area contributed by atoms with Gasteiger partial charge in [-0.25, -0.2) is 4.79 Å². The molecule has 8 nitrogen and oxygen atoms in total. The summed E-state index contributed by atoms with van der Waals surface area (Å²) >= 11 is 0. The lowest BCUT2D eigenvalue weighted by atomic mass is 9.99. The molecule has 0 unspecified atom stereocenters. The molecule has 0 bridgehead atoms. The van der Waals surface area contributed by atoms with E-state index in [1.807, 2.05) is 0 Å². The van der Waals surface area contributed by atoms with Crippen LogP contribution in [0, 0.1) is 5.92 Å². The van der Waals surface area contributed by atoms with Crippen molar-refractivity contribution in [2.45, 2.75) is 38.6 Å². The number of rotatable bonds is 4. The Kier molecular flexibility index (Phi) is 8.58. The first-order valence-corrected chi connectivity index (χ1v) is 9.84. The van der Waals surface area contributed by atoms with Crippen molar-refractivity contribution in [1.29, 1.82) is 0 Å². The molecule has 0 saturated carbocycles. The van der Waals surface area contributed by atoms with Gasteiger partial charge in [0.05, 0.1) is 6.10 Å². The number of hydrogen-bond acceptors (Lipinski definition) is 8. The number of carbonyl (C=O) groups excluding carboxylic acids is 2. The number of esters is 1. The Morgan fingerprint density at radius 1 is 1.20 bits per heavy atom. The number of cyclic esters (lactones) is 1. The lowest BCUT2D eigenvalue weighted by Crippen LogP contribution is -2.32.